The highest BCUT2D eigenvalue weighted by Crippen LogP contribution is 2.27. The molecule has 0 saturated heterocycles. The Bertz CT molecular complexity index is 463. The van der Waals surface area contributed by atoms with Crippen molar-refractivity contribution >= 4 is 11.3 Å². The Morgan fingerprint density at radius 2 is 2.31 bits per heavy atom. The molecule has 0 fully saturated rings. The Hall–Kier alpha value is -1.20. The van der Waals surface area contributed by atoms with Crippen molar-refractivity contribution in [3.05, 3.63) is 22.8 Å². The Kier molecular flexibility index (Phi) is 3.36. The minimum atomic E-state index is 0.142. The highest BCUT2D eigenvalue weighted by Gasteiger charge is 2.14. The van der Waals surface area contributed by atoms with Crippen LogP contribution in [-0.4, -0.2) is 16.7 Å². The molecule has 5 heteroatoms. The zero-order chi connectivity index (χ0) is 11.5. The number of hydrogen-bond donors (Lipinski definition) is 1. The molecule has 0 spiro atoms. The minimum Gasteiger partial charge on any atom is -0.333 e. The van der Waals surface area contributed by atoms with Gasteiger partial charge in [0, 0.05) is 17.3 Å². The van der Waals surface area contributed by atoms with Crippen LogP contribution < -0.4 is 5.73 Å². The first-order valence-electron chi connectivity index (χ1n) is 5.37. The molecule has 0 aliphatic carbocycles. The summed E-state index contributed by atoms with van der Waals surface area (Å²) < 4.78 is 5.23. The maximum absolute atomic E-state index is 5.56. The predicted molar refractivity (Wildman–Crippen MR) is 64.5 cm³/mol. The Morgan fingerprint density at radius 1 is 1.50 bits per heavy atom. The topological polar surface area (TPSA) is 64.9 Å². The number of aryl methyl sites for hydroxylation is 1. The molecule has 0 bridgehead atoms. The van der Waals surface area contributed by atoms with Gasteiger partial charge in [-0.05, 0) is 18.6 Å². The number of aromatic nitrogens is 2. The van der Waals surface area contributed by atoms with E-state index in [1.54, 1.807) is 11.3 Å². The first-order valence-corrected chi connectivity index (χ1v) is 6.19. The van der Waals surface area contributed by atoms with E-state index in [1.165, 1.54) is 4.88 Å². The lowest BCUT2D eigenvalue weighted by molar-refractivity contribution is 0.418. The van der Waals surface area contributed by atoms with Crippen LogP contribution in [0.4, 0.5) is 0 Å². The van der Waals surface area contributed by atoms with Crippen LogP contribution >= 0.6 is 11.3 Å². The molecule has 4 nitrogen and oxygen atoms in total. The van der Waals surface area contributed by atoms with E-state index < -0.39 is 0 Å². The molecule has 0 amide bonds. The molecule has 0 saturated carbocycles. The van der Waals surface area contributed by atoms with Gasteiger partial charge >= 0.3 is 0 Å². The summed E-state index contributed by atoms with van der Waals surface area (Å²) in [4.78, 5) is 6.70. The van der Waals surface area contributed by atoms with Crippen LogP contribution in [0.1, 0.15) is 30.5 Å². The lowest BCUT2D eigenvalue weighted by atomic mass is 10.2. The zero-order valence-electron chi connectivity index (χ0n) is 9.43. The van der Waals surface area contributed by atoms with E-state index in [4.69, 9.17) is 10.3 Å². The molecular weight excluding hydrogens is 222 g/mol. The summed E-state index contributed by atoms with van der Waals surface area (Å²) in [5.74, 6) is 1.42. The van der Waals surface area contributed by atoms with E-state index >= 15 is 0 Å². The molecule has 1 unspecified atom stereocenters. The average Bonchev–Trinajstić information content (AvgIpc) is 2.95. The van der Waals surface area contributed by atoms with Crippen molar-refractivity contribution in [1.82, 2.24) is 10.1 Å². The fourth-order valence-corrected chi connectivity index (χ4v) is 2.19. The second-order valence-electron chi connectivity index (χ2n) is 3.71. The third kappa shape index (κ3) is 2.15. The van der Waals surface area contributed by atoms with Gasteiger partial charge in [0.2, 0.25) is 0 Å². The van der Waals surface area contributed by atoms with Crippen molar-refractivity contribution in [2.24, 2.45) is 5.73 Å². The van der Waals surface area contributed by atoms with E-state index in [9.17, 15) is 0 Å². The first kappa shape index (κ1) is 11.3. The molecule has 0 aliphatic rings. The fraction of sp³-hybridized carbons (Fsp3) is 0.455. The van der Waals surface area contributed by atoms with Gasteiger partial charge in [-0.3, -0.25) is 0 Å². The van der Waals surface area contributed by atoms with Gasteiger partial charge in [0.15, 0.2) is 5.82 Å². The summed E-state index contributed by atoms with van der Waals surface area (Å²) in [5.41, 5.74) is 5.56. The second-order valence-corrected chi connectivity index (χ2v) is 4.88. The summed E-state index contributed by atoms with van der Waals surface area (Å²) in [7, 11) is 0. The highest BCUT2D eigenvalue weighted by molar-refractivity contribution is 7.15. The smallest absolute Gasteiger partial charge is 0.268 e. The molecule has 2 aromatic heterocycles. The molecule has 86 valence electrons. The summed E-state index contributed by atoms with van der Waals surface area (Å²) in [6.07, 6.45) is 1.03. The molecule has 0 aromatic carbocycles. The average molecular weight is 237 g/mol. The monoisotopic (exact) mass is 237 g/mol. The van der Waals surface area contributed by atoms with Gasteiger partial charge in [0.25, 0.3) is 5.89 Å². The van der Waals surface area contributed by atoms with E-state index in [0.29, 0.717) is 18.3 Å². The van der Waals surface area contributed by atoms with Crippen molar-refractivity contribution in [3.63, 3.8) is 0 Å². The maximum Gasteiger partial charge on any atom is 0.268 e. The first-order chi connectivity index (χ1) is 7.74. The molecule has 16 heavy (non-hydrogen) atoms. The van der Waals surface area contributed by atoms with Crippen molar-refractivity contribution in [2.45, 2.75) is 26.2 Å². The van der Waals surface area contributed by atoms with Gasteiger partial charge < -0.3 is 10.3 Å². The lowest BCUT2D eigenvalue weighted by Gasteiger charge is -1.98. The van der Waals surface area contributed by atoms with Crippen LogP contribution in [0.3, 0.4) is 0 Å². The third-order valence-corrected chi connectivity index (χ3v) is 3.67. The van der Waals surface area contributed by atoms with E-state index in [2.05, 4.69) is 23.1 Å². The largest absolute Gasteiger partial charge is 0.333 e. The summed E-state index contributed by atoms with van der Waals surface area (Å²) in [6.45, 7) is 4.65. The van der Waals surface area contributed by atoms with Crippen LogP contribution in [-0.2, 0) is 6.42 Å². The Morgan fingerprint density at radius 3 is 2.94 bits per heavy atom. The Labute approximate surface area is 98.5 Å². The summed E-state index contributed by atoms with van der Waals surface area (Å²) in [5, 5.41) is 3.94. The number of thiophene rings is 1. The molecule has 2 heterocycles. The van der Waals surface area contributed by atoms with Crippen LogP contribution in [0.2, 0.25) is 0 Å². The van der Waals surface area contributed by atoms with Crippen molar-refractivity contribution in [3.8, 4) is 10.8 Å². The van der Waals surface area contributed by atoms with Gasteiger partial charge in [-0.25, -0.2) is 0 Å². The van der Waals surface area contributed by atoms with Crippen molar-refractivity contribution < 1.29 is 4.52 Å². The van der Waals surface area contributed by atoms with Gasteiger partial charge in [0.1, 0.15) is 0 Å². The minimum absolute atomic E-state index is 0.142. The Balaban J connectivity index is 2.24. The molecule has 2 N–H and O–H groups in total. The van der Waals surface area contributed by atoms with E-state index in [-0.39, 0.29) is 5.92 Å². The van der Waals surface area contributed by atoms with Gasteiger partial charge in [0.05, 0.1) is 4.88 Å². The predicted octanol–water partition coefficient (Wildman–Crippen LogP) is 2.42. The zero-order valence-corrected chi connectivity index (χ0v) is 10.3. The maximum atomic E-state index is 5.56. The number of hydrogen-bond acceptors (Lipinski definition) is 5. The molecule has 2 aromatic rings. The second kappa shape index (κ2) is 4.76. The van der Waals surface area contributed by atoms with Gasteiger partial charge in [-0.2, -0.15) is 4.98 Å². The van der Waals surface area contributed by atoms with Crippen LogP contribution in [0.25, 0.3) is 10.8 Å². The highest BCUT2D eigenvalue weighted by atomic mass is 32.1. The molecule has 0 aliphatic heterocycles. The van der Waals surface area contributed by atoms with Gasteiger partial charge in [-0.15, -0.1) is 11.3 Å². The molecule has 2 rings (SSSR count). The standard InChI is InChI=1S/C11H15N3OS/c1-3-8-4-5-9(16-8)11-13-10(14-15-11)7(2)6-12/h4-5,7H,3,6,12H2,1-2H3. The van der Waals surface area contributed by atoms with Crippen molar-refractivity contribution in [2.75, 3.05) is 6.54 Å². The number of nitrogens with zero attached hydrogens (tertiary/aromatic N) is 2. The van der Waals surface area contributed by atoms with Gasteiger partial charge in [-0.1, -0.05) is 19.0 Å². The lowest BCUT2D eigenvalue weighted by Crippen LogP contribution is -2.10. The SMILES string of the molecule is CCc1ccc(-c2nc(C(C)CN)no2)s1. The molecule has 1 atom stereocenters. The third-order valence-electron chi connectivity index (χ3n) is 2.46. The summed E-state index contributed by atoms with van der Waals surface area (Å²) >= 11 is 1.69. The quantitative estimate of drug-likeness (QED) is 0.887. The van der Waals surface area contributed by atoms with E-state index in [0.717, 1.165) is 11.3 Å². The molecule has 0 radical (unpaired) electrons. The fourth-order valence-electron chi connectivity index (χ4n) is 1.32. The van der Waals surface area contributed by atoms with Crippen LogP contribution in [0.15, 0.2) is 16.7 Å². The summed E-state index contributed by atoms with van der Waals surface area (Å²) in [6, 6.07) is 4.12. The van der Waals surface area contributed by atoms with Crippen LogP contribution in [0.5, 0.6) is 0 Å². The van der Waals surface area contributed by atoms with Crippen molar-refractivity contribution in [1.29, 1.82) is 0 Å². The van der Waals surface area contributed by atoms with Crippen LogP contribution in [0, 0.1) is 0 Å². The normalized spacial score (nSPS) is 12.9. The number of nitrogens with two attached hydrogens (primary N) is 1. The van der Waals surface area contributed by atoms with E-state index in [1.807, 2.05) is 13.0 Å². The molecular formula is C11H15N3OS. The number of rotatable bonds is 4.